The van der Waals surface area contributed by atoms with E-state index in [2.05, 4.69) is 21.0 Å². The summed E-state index contributed by atoms with van der Waals surface area (Å²) in [5.74, 6) is -2.41. The molecule has 1 aliphatic rings. The molecule has 1 fully saturated rings. The summed E-state index contributed by atoms with van der Waals surface area (Å²) < 4.78 is 26.4. The summed E-state index contributed by atoms with van der Waals surface area (Å²) in [6.45, 7) is 1.11. The van der Waals surface area contributed by atoms with Crippen molar-refractivity contribution in [1.29, 1.82) is 0 Å². The molecular weight excluding hydrogens is 310 g/mol. The van der Waals surface area contributed by atoms with Crippen LogP contribution in [0.2, 0.25) is 0 Å². The number of fused-ring (bicyclic) bond motifs is 1. The second kappa shape index (κ2) is 5.85. The number of anilines is 1. The summed E-state index contributed by atoms with van der Waals surface area (Å²) in [5.41, 5.74) is 2.19. The van der Waals surface area contributed by atoms with Gasteiger partial charge in [0.1, 0.15) is 0 Å². The van der Waals surface area contributed by atoms with E-state index in [1.54, 1.807) is 18.5 Å². The van der Waals surface area contributed by atoms with Gasteiger partial charge >= 0.3 is 0 Å². The van der Waals surface area contributed by atoms with E-state index in [1.165, 1.54) is 0 Å². The van der Waals surface area contributed by atoms with Gasteiger partial charge < -0.3 is 9.88 Å². The van der Waals surface area contributed by atoms with Gasteiger partial charge in [-0.3, -0.25) is 0 Å². The fourth-order valence-electron chi connectivity index (χ4n) is 3.09. The third-order valence-electron chi connectivity index (χ3n) is 4.58. The number of aromatic nitrogens is 3. The van der Waals surface area contributed by atoms with Crippen molar-refractivity contribution in [2.45, 2.75) is 25.3 Å². The van der Waals surface area contributed by atoms with Crippen LogP contribution in [0.1, 0.15) is 18.4 Å². The lowest BCUT2D eigenvalue weighted by Crippen LogP contribution is -2.26. The van der Waals surface area contributed by atoms with Gasteiger partial charge in [-0.15, -0.1) is 0 Å². The number of nitrogens with one attached hydrogen (secondary N) is 1. The SMILES string of the molecule is FC1(F)CC1CCN(Cc1cccc2[nH]ccc12)c1ncccn1. The van der Waals surface area contributed by atoms with Crippen molar-refractivity contribution in [3.05, 3.63) is 54.5 Å². The lowest BCUT2D eigenvalue weighted by molar-refractivity contribution is 0.0974. The summed E-state index contributed by atoms with van der Waals surface area (Å²) >= 11 is 0. The minimum Gasteiger partial charge on any atom is -0.361 e. The van der Waals surface area contributed by atoms with Crippen LogP contribution in [-0.2, 0) is 6.54 Å². The normalized spacial score (nSPS) is 18.7. The lowest BCUT2D eigenvalue weighted by Gasteiger charge is -2.23. The quantitative estimate of drug-likeness (QED) is 0.743. The molecule has 1 aromatic carbocycles. The molecular formula is C18H18F2N4. The van der Waals surface area contributed by atoms with E-state index in [4.69, 9.17) is 0 Å². The van der Waals surface area contributed by atoms with Gasteiger partial charge in [-0.1, -0.05) is 12.1 Å². The molecule has 3 aromatic rings. The number of halogens is 2. The summed E-state index contributed by atoms with van der Waals surface area (Å²) in [5, 5.41) is 1.13. The van der Waals surface area contributed by atoms with Crippen LogP contribution >= 0.6 is 0 Å². The van der Waals surface area contributed by atoms with E-state index >= 15 is 0 Å². The molecule has 2 heterocycles. The minimum absolute atomic E-state index is 0.00385. The van der Waals surface area contributed by atoms with Gasteiger partial charge in [0.2, 0.25) is 5.95 Å². The second-order valence-electron chi connectivity index (χ2n) is 6.28. The van der Waals surface area contributed by atoms with Crippen molar-refractivity contribution in [2.24, 2.45) is 5.92 Å². The fraction of sp³-hybridized carbons (Fsp3) is 0.333. The van der Waals surface area contributed by atoms with Crippen LogP contribution in [-0.4, -0.2) is 27.4 Å². The van der Waals surface area contributed by atoms with Crippen LogP contribution < -0.4 is 4.90 Å². The van der Waals surface area contributed by atoms with E-state index in [1.807, 2.05) is 29.3 Å². The highest BCUT2D eigenvalue weighted by Gasteiger charge is 2.56. The highest BCUT2D eigenvalue weighted by Crippen LogP contribution is 2.50. The molecule has 0 spiro atoms. The largest absolute Gasteiger partial charge is 0.361 e. The van der Waals surface area contributed by atoms with Crippen LogP contribution in [0.4, 0.5) is 14.7 Å². The molecule has 4 nitrogen and oxygen atoms in total. The maximum atomic E-state index is 13.2. The van der Waals surface area contributed by atoms with E-state index < -0.39 is 11.8 Å². The molecule has 0 radical (unpaired) electrons. The molecule has 1 saturated carbocycles. The number of benzene rings is 1. The lowest BCUT2D eigenvalue weighted by atomic mass is 10.1. The molecule has 2 aromatic heterocycles. The van der Waals surface area contributed by atoms with Gasteiger partial charge in [0.05, 0.1) is 0 Å². The predicted molar refractivity (Wildman–Crippen MR) is 89.1 cm³/mol. The van der Waals surface area contributed by atoms with E-state index in [0.29, 0.717) is 25.5 Å². The van der Waals surface area contributed by atoms with Crippen LogP contribution in [0.15, 0.2) is 48.9 Å². The number of rotatable bonds is 6. The Hall–Kier alpha value is -2.50. The Morgan fingerprint density at radius 2 is 1.96 bits per heavy atom. The van der Waals surface area contributed by atoms with Crippen molar-refractivity contribution in [3.63, 3.8) is 0 Å². The van der Waals surface area contributed by atoms with Crippen molar-refractivity contribution < 1.29 is 8.78 Å². The Bertz CT molecular complexity index is 831. The molecule has 0 amide bonds. The van der Waals surface area contributed by atoms with Crippen LogP contribution in [0.5, 0.6) is 0 Å². The van der Waals surface area contributed by atoms with Crippen LogP contribution in [0.3, 0.4) is 0 Å². The fourth-order valence-corrected chi connectivity index (χ4v) is 3.09. The number of aromatic amines is 1. The van der Waals surface area contributed by atoms with Gasteiger partial charge in [-0.25, -0.2) is 18.7 Å². The standard InChI is InChI=1S/C18H18F2N4/c19-18(20)11-14(18)6-10-24(17-22-7-2-8-23-17)12-13-3-1-4-16-15(13)5-9-21-16/h1-5,7-9,14,21H,6,10-12H2. The first-order chi connectivity index (χ1) is 11.6. The third kappa shape index (κ3) is 2.96. The topological polar surface area (TPSA) is 44.8 Å². The van der Waals surface area contributed by atoms with Gasteiger partial charge in [0, 0.05) is 54.9 Å². The smallest absolute Gasteiger partial charge is 0.251 e. The Morgan fingerprint density at radius 1 is 1.17 bits per heavy atom. The summed E-state index contributed by atoms with van der Waals surface area (Å²) in [6, 6.07) is 9.85. The first-order valence-corrected chi connectivity index (χ1v) is 8.08. The molecule has 0 saturated heterocycles. The zero-order valence-corrected chi connectivity index (χ0v) is 13.1. The Balaban J connectivity index is 1.57. The number of hydrogen-bond donors (Lipinski definition) is 1. The number of nitrogens with zero attached hydrogens (tertiary/aromatic N) is 3. The first kappa shape index (κ1) is 15.1. The van der Waals surface area contributed by atoms with Crippen LogP contribution in [0, 0.1) is 5.92 Å². The average molecular weight is 328 g/mol. The average Bonchev–Trinajstić information content (AvgIpc) is 2.98. The molecule has 6 heteroatoms. The maximum absolute atomic E-state index is 13.2. The molecule has 1 aliphatic carbocycles. The van der Waals surface area contributed by atoms with Gasteiger partial charge in [-0.2, -0.15) is 0 Å². The molecule has 24 heavy (non-hydrogen) atoms. The zero-order valence-electron chi connectivity index (χ0n) is 13.1. The summed E-state index contributed by atoms with van der Waals surface area (Å²) in [4.78, 5) is 13.8. The Labute approximate surface area is 138 Å². The monoisotopic (exact) mass is 328 g/mol. The van der Waals surface area contributed by atoms with Crippen molar-refractivity contribution in [1.82, 2.24) is 15.0 Å². The molecule has 1 unspecified atom stereocenters. The highest BCUT2D eigenvalue weighted by atomic mass is 19.3. The van der Waals surface area contributed by atoms with Gasteiger partial charge in [0.15, 0.2) is 0 Å². The number of hydrogen-bond acceptors (Lipinski definition) is 3. The zero-order chi connectivity index (χ0) is 16.6. The summed E-state index contributed by atoms with van der Waals surface area (Å²) in [7, 11) is 0. The molecule has 124 valence electrons. The van der Waals surface area contributed by atoms with E-state index in [9.17, 15) is 8.78 Å². The number of alkyl halides is 2. The Kier molecular flexibility index (Phi) is 3.67. The van der Waals surface area contributed by atoms with Crippen molar-refractivity contribution in [2.75, 3.05) is 11.4 Å². The molecule has 1 atom stereocenters. The van der Waals surface area contributed by atoms with Crippen molar-refractivity contribution >= 4 is 16.9 Å². The Morgan fingerprint density at radius 3 is 2.71 bits per heavy atom. The maximum Gasteiger partial charge on any atom is 0.251 e. The first-order valence-electron chi connectivity index (χ1n) is 8.08. The molecule has 4 rings (SSSR count). The molecule has 0 aliphatic heterocycles. The van der Waals surface area contributed by atoms with Crippen molar-refractivity contribution in [3.8, 4) is 0 Å². The molecule has 0 bridgehead atoms. The van der Waals surface area contributed by atoms with Gasteiger partial charge in [-0.05, 0) is 30.2 Å². The predicted octanol–water partition coefficient (Wildman–Crippen LogP) is 4.01. The van der Waals surface area contributed by atoms with Gasteiger partial charge in [0.25, 0.3) is 5.92 Å². The highest BCUT2D eigenvalue weighted by molar-refractivity contribution is 5.83. The summed E-state index contributed by atoms with van der Waals surface area (Å²) in [6.07, 6.45) is 5.72. The molecule has 1 N–H and O–H groups in total. The second-order valence-corrected chi connectivity index (χ2v) is 6.28. The van der Waals surface area contributed by atoms with E-state index in [-0.39, 0.29) is 6.42 Å². The van der Waals surface area contributed by atoms with E-state index in [0.717, 1.165) is 16.5 Å². The minimum atomic E-state index is -2.48. The third-order valence-corrected chi connectivity index (χ3v) is 4.58. The van der Waals surface area contributed by atoms with Crippen LogP contribution in [0.25, 0.3) is 10.9 Å². The number of H-pyrrole nitrogens is 1.